The highest BCUT2D eigenvalue weighted by molar-refractivity contribution is 7.88. The van der Waals surface area contributed by atoms with Crippen molar-refractivity contribution in [1.82, 2.24) is 9.03 Å². The first kappa shape index (κ1) is 8.44. The van der Waals surface area contributed by atoms with E-state index in [9.17, 15) is 13.2 Å². The minimum absolute atomic E-state index is 0.191. The van der Waals surface area contributed by atoms with Gasteiger partial charge in [-0.3, -0.25) is 4.79 Å². The Kier molecular flexibility index (Phi) is 1.87. The molecule has 0 aromatic rings. The summed E-state index contributed by atoms with van der Waals surface area (Å²) in [5.41, 5.74) is 5.25. The van der Waals surface area contributed by atoms with Crippen LogP contribution >= 0.6 is 0 Å². The molecule has 1 saturated heterocycles. The van der Waals surface area contributed by atoms with Crippen molar-refractivity contribution >= 4 is 16.1 Å². The molecule has 3 N–H and O–H groups in total. The van der Waals surface area contributed by atoms with Crippen LogP contribution in [0.4, 0.5) is 0 Å². The second kappa shape index (κ2) is 2.43. The molecule has 1 unspecified atom stereocenters. The number of nitrogens with zero attached hydrogens (tertiary/aromatic N) is 1. The van der Waals surface area contributed by atoms with Gasteiger partial charge in [0.15, 0.2) is 0 Å². The summed E-state index contributed by atoms with van der Waals surface area (Å²) < 4.78 is 24.5. The maximum Gasteiger partial charge on any atom is 0.305 e. The predicted octanol–water partition coefficient (Wildman–Crippen LogP) is -2.03. The van der Waals surface area contributed by atoms with Gasteiger partial charge in [-0.15, -0.1) is 0 Å². The van der Waals surface area contributed by atoms with Crippen LogP contribution in [0.3, 0.4) is 0 Å². The van der Waals surface area contributed by atoms with Crippen LogP contribution in [0.25, 0.3) is 0 Å². The van der Waals surface area contributed by atoms with Crippen LogP contribution < -0.4 is 10.5 Å². The zero-order chi connectivity index (χ0) is 8.65. The summed E-state index contributed by atoms with van der Waals surface area (Å²) in [7, 11) is -3.63. The van der Waals surface area contributed by atoms with E-state index in [0.29, 0.717) is 4.31 Å². The van der Waals surface area contributed by atoms with Crippen LogP contribution in [0.5, 0.6) is 0 Å². The monoisotopic (exact) mass is 179 g/mol. The summed E-state index contributed by atoms with van der Waals surface area (Å²) in [6, 6.07) is 0. The lowest BCUT2D eigenvalue weighted by atomic mass is 10.5. The number of nitrogens with one attached hydrogen (secondary N) is 1. The molecule has 0 bridgehead atoms. The molecule has 0 aromatic heterocycles. The molecule has 0 radical (unpaired) electrons. The summed E-state index contributed by atoms with van der Waals surface area (Å²) in [6.45, 7) is 1.24. The average Bonchev–Trinajstić information content (AvgIpc) is 2.06. The number of rotatable bonds is 1. The van der Waals surface area contributed by atoms with E-state index in [0.717, 1.165) is 0 Å². The Morgan fingerprint density at radius 1 is 1.73 bits per heavy atom. The maximum absolute atomic E-state index is 10.9. The topological polar surface area (TPSA) is 92.5 Å². The molecule has 7 heteroatoms. The fourth-order valence-corrected chi connectivity index (χ4v) is 2.10. The Labute approximate surface area is 64.5 Å². The van der Waals surface area contributed by atoms with Crippen LogP contribution in [-0.2, 0) is 15.0 Å². The molecule has 0 spiro atoms. The van der Waals surface area contributed by atoms with Gasteiger partial charge < -0.3 is 5.73 Å². The Bertz CT molecular complexity index is 270. The van der Waals surface area contributed by atoms with Gasteiger partial charge in [0.2, 0.25) is 0 Å². The van der Waals surface area contributed by atoms with Crippen molar-refractivity contribution in [2.75, 3.05) is 6.54 Å². The zero-order valence-corrected chi connectivity index (χ0v) is 6.76. The molecule has 1 fully saturated rings. The molecular weight excluding hydrogens is 170 g/mol. The molecule has 1 heterocycles. The van der Waals surface area contributed by atoms with E-state index in [1.54, 1.807) is 0 Å². The Morgan fingerprint density at radius 2 is 2.27 bits per heavy atom. The maximum atomic E-state index is 10.9. The molecule has 1 rings (SSSR count). The van der Waals surface area contributed by atoms with Gasteiger partial charge in [0.25, 0.3) is 5.91 Å². The predicted molar refractivity (Wildman–Crippen MR) is 37.4 cm³/mol. The zero-order valence-electron chi connectivity index (χ0n) is 5.94. The van der Waals surface area contributed by atoms with E-state index in [1.807, 2.05) is 4.72 Å². The SMILES string of the molecule is CC(N)N1C(=O)CNS1(=O)=O. The number of carbonyl (C=O) groups excluding carboxylic acids is 1. The van der Waals surface area contributed by atoms with E-state index < -0.39 is 22.3 Å². The molecule has 1 aliphatic heterocycles. The van der Waals surface area contributed by atoms with E-state index in [1.165, 1.54) is 6.92 Å². The van der Waals surface area contributed by atoms with Crippen molar-refractivity contribution in [3.05, 3.63) is 0 Å². The third-order valence-corrected chi connectivity index (χ3v) is 2.84. The number of hydrogen-bond donors (Lipinski definition) is 2. The van der Waals surface area contributed by atoms with Crippen molar-refractivity contribution in [3.8, 4) is 0 Å². The van der Waals surface area contributed by atoms with Gasteiger partial charge in [0.1, 0.15) is 0 Å². The Morgan fingerprint density at radius 3 is 2.45 bits per heavy atom. The lowest BCUT2D eigenvalue weighted by molar-refractivity contribution is -0.125. The lowest BCUT2D eigenvalue weighted by Gasteiger charge is -2.17. The van der Waals surface area contributed by atoms with Crippen molar-refractivity contribution in [2.24, 2.45) is 5.73 Å². The summed E-state index contributed by atoms with van der Waals surface area (Å²) in [5.74, 6) is -0.514. The minimum atomic E-state index is -3.63. The summed E-state index contributed by atoms with van der Waals surface area (Å²) in [4.78, 5) is 10.8. The molecule has 0 saturated carbocycles. The Hall–Kier alpha value is -0.660. The molecule has 6 nitrogen and oxygen atoms in total. The van der Waals surface area contributed by atoms with Crippen molar-refractivity contribution in [2.45, 2.75) is 13.1 Å². The molecule has 1 amide bonds. The number of nitrogens with two attached hydrogens (primary N) is 1. The van der Waals surface area contributed by atoms with Gasteiger partial charge >= 0.3 is 10.2 Å². The number of carbonyl (C=O) groups is 1. The van der Waals surface area contributed by atoms with Crippen LogP contribution in [-0.4, -0.2) is 31.3 Å². The van der Waals surface area contributed by atoms with Gasteiger partial charge in [-0.1, -0.05) is 0 Å². The fraction of sp³-hybridized carbons (Fsp3) is 0.750. The first-order chi connectivity index (χ1) is 4.95. The smallest absolute Gasteiger partial charge is 0.305 e. The van der Waals surface area contributed by atoms with Crippen molar-refractivity contribution in [3.63, 3.8) is 0 Å². The fourth-order valence-electron chi connectivity index (χ4n) is 0.880. The highest BCUT2D eigenvalue weighted by atomic mass is 32.2. The molecule has 64 valence electrons. The lowest BCUT2D eigenvalue weighted by Crippen LogP contribution is -2.44. The van der Waals surface area contributed by atoms with Gasteiger partial charge in [-0.2, -0.15) is 13.1 Å². The van der Waals surface area contributed by atoms with Crippen LogP contribution in [0.1, 0.15) is 6.92 Å². The second-order valence-electron chi connectivity index (χ2n) is 2.26. The van der Waals surface area contributed by atoms with Gasteiger partial charge in [0, 0.05) is 0 Å². The van der Waals surface area contributed by atoms with E-state index in [2.05, 4.69) is 0 Å². The average molecular weight is 179 g/mol. The summed E-state index contributed by atoms with van der Waals surface area (Å²) in [5, 5.41) is 0. The van der Waals surface area contributed by atoms with Gasteiger partial charge in [-0.05, 0) is 6.92 Å². The van der Waals surface area contributed by atoms with E-state index >= 15 is 0 Å². The molecule has 1 atom stereocenters. The summed E-state index contributed by atoms with van der Waals surface area (Å²) in [6.07, 6.45) is -0.803. The van der Waals surface area contributed by atoms with Crippen molar-refractivity contribution in [1.29, 1.82) is 0 Å². The standard InChI is InChI=1S/C4H9N3O3S/c1-3(5)7-4(8)2-6-11(7,9)10/h3,6H,2,5H2,1H3. The van der Waals surface area contributed by atoms with E-state index in [-0.39, 0.29) is 6.54 Å². The molecule has 0 aromatic carbocycles. The second-order valence-corrected chi connectivity index (χ2v) is 3.89. The largest absolute Gasteiger partial charge is 0.311 e. The van der Waals surface area contributed by atoms with Crippen molar-refractivity contribution < 1.29 is 13.2 Å². The third-order valence-electron chi connectivity index (χ3n) is 1.28. The van der Waals surface area contributed by atoms with Crippen LogP contribution in [0.15, 0.2) is 0 Å². The molecular formula is C4H9N3O3S. The normalized spacial score (nSPS) is 25.6. The van der Waals surface area contributed by atoms with Gasteiger partial charge in [0.05, 0.1) is 12.7 Å². The van der Waals surface area contributed by atoms with Crippen LogP contribution in [0.2, 0.25) is 0 Å². The number of hydrogen-bond acceptors (Lipinski definition) is 4. The Balaban J connectivity index is 2.99. The molecule has 0 aliphatic carbocycles. The number of amides is 1. The quantitative estimate of drug-likeness (QED) is 0.485. The third kappa shape index (κ3) is 1.35. The summed E-state index contributed by atoms with van der Waals surface area (Å²) >= 11 is 0. The first-order valence-electron chi connectivity index (χ1n) is 3.02. The van der Waals surface area contributed by atoms with Crippen LogP contribution in [0, 0.1) is 0 Å². The highest BCUT2D eigenvalue weighted by Crippen LogP contribution is 2.07. The van der Waals surface area contributed by atoms with Gasteiger partial charge in [-0.25, -0.2) is 4.31 Å². The molecule has 1 aliphatic rings. The highest BCUT2D eigenvalue weighted by Gasteiger charge is 2.36. The van der Waals surface area contributed by atoms with E-state index in [4.69, 9.17) is 5.73 Å². The molecule has 11 heavy (non-hydrogen) atoms. The first-order valence-corrected chi connectivity index (χ1v) is 4.46. The minimum Gasteiger partial charge on any atom is -0.311 e.